The SMILES string of the molecule is C/C(=N/NC(=O)Cc1cccs1)c1ccc([N+](=O)[O-])cc1. The number of nitrogens with one attached hydrogen (secondary N) is 1. The highest BCUT2D eigenvalue weighted by Gasteiger charge is 2.06. The lowest BCUT2D eigenvalue weighted by Gasteiger charge is -2.02. The summed E-state index contributed by atoms with van der Waals surface area (Å²) in [7, 11) is 0. The molecule has 0 radical (unpaired) electrons. The molecule has 7 heteroatoms. The number of hydrogen-bond acceptors (Lipinski definition) is 5. The van der Waals surface area contributed by atoms with E-state index in [9.17, 15) is 14.9 Å². The van der Waals surface area contributed by atoms with Crippen LogP contribution in [0.1, 0.15) is 17.4 Å². The second kappa shape index (κ2) is 6.76. The van der Waals surface area contributed by atoms with Gasteiger partial charge in [0.1, 0.15) is 0 Å². The number of hydrogen-bond donors (Lipinski definition) is 1. The Morgan fingerprint density at radius 1 is 1.33 bits per heavy atom. The highest BCUT2D eigenvalue weighted by molar-refractivity contribution is 7.10. The highest BCUT2D eigenvalue weighted by Crippen LogP contribution is 2.12. The van der Waals surface area contributed by atoms with Gasteiger partial charge in [0.15, 0.2) is 0 Å². The van der Waals surface area contributed by atoms with Crippen molar-refractivity contribution in [1.29, 1.82) is 0 Å². The lowest BCUT2D eigenvalue weighted by molar-refractivity contribution is -0.384. The van der Waals surface area contributed by atoms with Crippen LogP contribution in [0.4, 0.5) is 5.69 Å². The Morgan fingerprint density at radius 2 is 2.05 bits per heavy atom. The molecule has 0 saturated carbocycles. The van der Waals surface area contributed by atoms with Crippen LogP contribution < -0.4 is 5.43 Å². The van der Waals surface area contributed by atoms with Crippen LogP contribution in [0.3, 0.4) is 0 Å². The van der Waals surface area contributed by atoms with Crippen LogP contribution in [-0.2, 0) is 11.2 Å². The van der Waals surface area contributed by atoms with Gasteiger partial charge < -0.3 is 0 Å². The van der Waals surface area contributed by atoms with Gasteiger partial charge in [-0.15, -0.1) is 11.3 Å². The number of non-ortho nitro benzene ring substituents is 1. The summed E-state index contributed by atoms with van der Waals surface area (Å²) in [6, 6.07) is 9.78. The fourth-order valence-electron chi connectivity index (χ4n) is 1.65. The van der Waals surface area contributed by atoms with Gasteiger partial charge in [0, 0.05) is 17.0 Å². The summed E-state index contributed by atoms with van der Waals surface area (Å²) in [5, 5.41) is 16.5. The van der Waals surface area contributed by atoms with Gasteiger partial charge in [0.05, 0.1) is 17.1 Å². The molecule has 0 aliphatic rings. The Morgan fingerprint density at radius 3 is 2.62 bits per heavy atom. The minimum Gasteiger partial charge on any atom is -0.273 e. The van der Waals surface area contributed by atoms with Crippen molar-refractivity contribution in [1.82, 2.24) is 5.43 Å². The average Bonchev–Trinajstić information content (AvgIpc) is 2.97. The second-order valence-electron chi connectivity index (χ2n) is 4.29. The Balaban J connectivity index is 1.97. The summed E-state index contributed by atoms with van der Waals surface area (Å²) >= 11 is 1.51. The third kappa shape index (κ3) is 4.22. The number of nitro groups is 1. The Labute approximate surface area is 125 Å². The molecule has 0 aliphatic heterocycles. The molecule has 2 aromatic rings. The normalized spacial score (nSPS) is 11.2. The molecular weight excluding hydrogens is 290 g/mol. The fourth-order valence-corrected chi connectivity index (χ4v) is 2.35. The number of nitro benzene ring substituents is 1. The maximum atomic E-state index is 11.7. The summed E-state index contributed by atoms with van der Waals surface area (Å²) in [4.78, 5) is 22.8. The molecule has 0 atom stereocenters. The number of amides is 1. The number of hydrazone groups is 1. The molecule has 1 aromatic heterocycles. The maximum absolute atomic E-state index is 11.7. The van der Waals surface area contributed by atoms with Gasteiger partial charge in [0.2, 0.25) is 5.91 Å². The molecule has 108 valence electrons. The summed E-state index contributed by atoms with van der Waals surface area (Å²) in [5.74, 6) is -0.196. The first-order valence-corrected chi connectivity index (χ1v) is 7.04. The van der Waals surface area contributed by atoms with Crippen molar-refractivity contribution in [2.24, 2.45) is 5.10 Å². The van der Waals surface area contributed by atoms with E-state index in [4.69, 9.17) is 0 Å². The molecule has 0 saturated heterocycles. The summed E-state index contributed by atoms with van der Waals surface area (Å²) in [6.07, 6.45) is 0.286. The van der Waals surface area contributed by atoms with E-state index in [1.807, 2.05) is 17.5 Å². The zero-order valence-corrected chi connectivity index (χ0v) is 12.1. The first-order valence-electron chi connectivity index (χ1n) is 6.16. The topological polar surface area (TPSA) is 84.6 Å². The van der Waals surface area contributed by atoms with Crippen molar-refractivity contribution in [2.75, 3.05) is 0 Å². The molecule has 1 amide bonds. The third-order valence-corrected chi connectivity index (χ3v) is 3.64. The van der Waals surface area contributed by atoms with Crippen LogP contribution in [0.25, 0.3) is 0 Å². The van der Waals surface area contributed by atoms with Crippen LogP contribution in [-0.4, -0.2) is 16.5 Å². The molecular formula is C14H13N3O3S. The van der Waals surface area contributed by atoms with E-state index in [1.54, 1.807) is 19.1 Å². The number of thiophene rings is 1. The van der Waals surface area contributed by atoms with E-state index in [-0.39, 0.29) is 18.0 Å². The van der Waals surface area contributed by atoms with Crippen LogP contribution in [0, 0.1) is 10.1 Å². The largest absolute Gasteiger partial charge is 0.273 e. The minimum absolute atomic E-state index is 0.0216. The third-order valence-electron chi connectivity index (χ3n) is 2.76. The Hall–Kier alpha value is -2.54. The van der Waals surface area contributed by atoms with Gasteiger partial charge in [-0.2, -0.15) is 5.10 Å². The quantitative estimate of drug-likeness (QED) is 0.523. The summed E-state index contributed by atoms with van der Waals surface area (Å²) in [6.45, 7) is 1.73. The Bertz CT molecular complexity index is 663. The highest BCUT2D eigenvalue weighted by atomic mass is 32.1. The number of nitrogens with zero attached hydrogens (tertiary/aromatic N) is 2. The summed E-state index contributed by atoms with van der Waals surface area (Å²) in [5.41, 5.74) is 3.81. The van der Waals surface area contributed by atoms with Gasteiger partial charge in [-0.05, 0) is 36.1 Å². The Kier molecular flexibility index (Phi) is 4.78. The van der Waals surface area contributed by atoms with Crippen LogP contribution in [0.15, 0.2) is 46.9 Å². The first-order chi connectivity index (χ1) is 10.1. The van der Waals surface area contributed by atoms with Crippen molar-refractivity contribution >= 4 is 28.6 Å². The van der Waals surface area contributed by atoms with Crippen molar-refractivity contribution in [3.8, 4) is 0 Å². The standard InChI is InChI=1S/C14H13N3O3S/c1-10(11-4-6-12(7-5-11)17(19)20)15-16-14(18)9-13-3-2-8-21-13/h2-8H,9H2,1H3,(H,16,18)/b15-10-. The summed E-state index contributed by atoms with van der Waals surface area (Å²) < 4.78 is 0. The van der Waals surface area contributed by atoms with E-state index < -0.39 is 4.92 Å². The van der Waals surface area contributed by atoms with Crippen molar-refractivity contribution < 1.29 is 9.72 Å². The van der Waals surface area contributed by atoms with E-state index in [1.165, 1.54) is 23.5 Å². The predicted octanol–water partition coefficient (Wildman–Crippen LogP) is 2.74. The van der Waals surface area contributed by atoms with Crippen LogP contribution in [0.2, 0.25) is 0 Å². The lowest BCUT2D eigenvalue weighted by atomic mass is 10.1. The molecule has 0 unspecified atom stereocenters. The molecule has 0 fully saturated rings. The van der Waals surface area contributed by atoms with Crippen molar-refractivity contribution in [2.45, 2.75) is 13.3 Å². The number of rotatable bonds is 5. The second-order valence-corrected chi connectivity index (χ2v) is 5.32. The zero-order valence-electron chi connectivity index (χ0n) is 11.3. The van der Waals surface area contributed by atoms with Crippen LogP contribution in [0.5, 0.6) is 0 Å². The van der Waals surface area contributed by atoms with E-state index in [2.05, 4.69) is 10.5 Å². The molecule has 0 bridgehead atoms. The van der Waals surface area contributed by atoms with Crippen molar-refractivity contribution in [3.05, 3.63) is 62.3 Å². The van der Waals surface area contributed by atoms with Crippen molar-refractivity contribution in [3.63, 3.8) is 0 Å². The van der Waals surface area contributed by atoms with Gasteiger partial charge in [0.25, 0.3) is 5.69 Å². The maximum Gasteiger partial charge on any atom is 0.269 e. The van der Waals surface area contributed by atoms with Gasteiger partial charge in [-0.3, -0.25) is 14.9 Å². The minimum atomic E-state index is -0.459. The molecule has 6 nitrogen and oxygen atoms in total. The molecule has 0 aliphatic carbocycles. The molecule has 1 heterocycles. The molecule has 1 aromatic carbocycles. The predicted molar refractivity (Wildman–Crippen MR) is 81.5 cm³/mol. The molecule has 2 rings (SSSR count). The number of carbonyl (C=O) groups is 1. The van der Waals surface area contributed by atoms with Gasteiger partial charge >= 0.3 is 0 Å². The van der Waals surface area contributed by atoms with E-state index >= 15 is 0 Å². The van der Waals surface area contributed by atoms with Gasteiger partial charge in [-0.25, -0.2) is 5.43 Å². The molecule has 21 heavy (non-hydrogen) atoms. The smallest absolute Gasteiger partial charge is 0.269 e. The van der Waals surface area contributed by atoms with E-state index in [0.29, 0.717) is 5.71 Å². The number of carbonyl (C=O) groups excluding carboxylic acids is 1. The zero-order chi connectivity index (χ0) is 15.2. The first kappa shape index (κ1) is 14.9. The van der Waals surface area contributed by atoms with Crippen LogP contribution >= 0.6 is 11.3 Å². The lowest BCUT2D eigenvalue weighted by Crippen LogP contribution is -2.20. The molecule has 1 N–H and O–H groups in total. The molecule has 0 spiro atoms. The number of benzene rings is 1. The monoisotopic (exact) mass is 303 g/mol. The van der Waals surface area contributed by atoms with Gasteiger partial charge in [-0.1, -0.05) is 6.07 Å². The average molecular weight is 303 g/mol. The van der Waals surface area contributed by atoms with E-state index in [0.717, 1.165) is 10.4 Å². The fraction of sp³-hybridized carbons (Fsp3) is 0.143.